The van der Waals surface area contributed by atoms with Crippen LogP contribution in [0.25, 0.3) is 22.2 Å². The molecule has 0 saturated carbocycles. The molecule has 4 aromatic heterocycles. The highest BCUT2D eigenvalue weighted by atomic mass is 79.9. The second-order valence-electron chi connectivity index (χ2n) is 9.02. The number of nitrogens with one attached hydrogen (secondary N) is 2. The van der Waals surface area contributed by atoms with Gasteiger partial charge >= 0.3 is 0 Å². The average molecular weight is 528 g/mol. The molecule has 2 N–H and O–H groups in total. The van der Waals surface area contributed by atoms with Gasteiger partial charge in [0.2, 0.25) is 0 Å². The molecule has 0 aliphatic carbocycles. The normalized spacial score (nSPS) is 16.1. The first-order valence-corrected chi connectivity index (χ1v) is 12.6. The SMILES string of the molecule is C=C(c1ccc2[nH]ccc2c1)N1CCCC(c2cc(NCc3cccnc3)n3ncc(Br)c3n2)C1. The number of piperidine rings is 1. The van der Waals surface area contributed by atoms with Crippen molar-refractivity contribution in [1.29, 1.82) is 0 Å². The van der Waals surface area contributed by atoms with Crippen molar-refractivity contribution in [2.24, 2.45) is 0 Å². The molecule has 1 aliphatic rings. The van der Waals surface area contributed by atoms with Crippen molar-refractivity contribution in [3.8, 4) is 0 Å². The monoisotopic (exact) mass is 527 g/mol. The third kappa shape index (κ3) is 4.30. The maximum Gasteiger partial charge on any atom is 0.171 e. The summed E-state index contributed by atoms with van der Waals surface area (Å²) in [5.41, 5.74) is 6.40. The van der Waals surface area contributed by atoms with E-state index in [0.29, 0.717) is 12.5 Å². The van der Waals surface area contributed by atoms with Gasteiger partial charge < -0.3 is 15.2 Å². The minimum absolute atomic E-state index is 0.308. The minimum Gasteiger partial charge on any atom is -0.371 e. The summed E-state index contributed by atoms with van der Waals surface area (Å²) in [5, 5.41) is 9.27. The maximum absolute atomic E-state index is 5.02. The Morgan fingerprint density at radius 1 is 1.20 bits per heavy atom. The van der Waals surface area contributed by atoms with Crippen LogP contribution in [-0.2, 0) is 6.54 Å². The van der Waals surface area contributed by atoms with Gasteiger partial charge in [0.05, 0.1) is 16.4 Å². The largest absolute Gasteiger partial charge is 0.371 e. The summed E-state index contributed by atoms with van der Waals surface area (Å²) in [7, 11) is 0. The first kappa shape index (κ1) is 21.9. The number of nitrogens with zero attached hydrogens (tertiary/aromatic N) is 5. The Bertz CT molecular complexity index is 1500. The molecule has 7 nitrogen and oxygen atoms in total. The van der Waals surface area contributed by atoms with Crippen LogP contribution in [0.4, 0.5) is 5.82 Å². The van der Waals surface area contributed by atoms with Crippen molar-refractivity contribution in [2.45, 2.75) is 25.3 Å². The van der Waals surface area contributed by atoms with E-state index in [1.807, 2.05) is 23.0 Å². The van der Waals surface area contributed by atoms with Crippen molar-refractivity contribution in [1.82, 2.24) is 29.5 Å². The fourth-order valence-electron chi connectivity index (χ4n) is 4.86. The van der Waals surface area contributed by atoms with E-state index in [9.17, 15) is 0 Å². The molecule has 1 fully saturated rings. The van der Waals surface area contributed by atoms with Gasteiger partial charge in [0.25, 0.3) is 0 Å². The van der Waals surface area contributed by atoms with Gasteiger partial charge in [-0.15, -0.1) is 0 Å². The lowest BCUT2D eigenvalue weighted by atomic mass is 9.93. The number of hydrogen-bond acceptors (Lipinski definition) is 5. The van der Waals surface area contributed by atoms with Crippen LogP contribution in [0.3, 0.4) is 0 Å². The van der Waals surface area contributed by atoms with Crippen molar-refractivity contribution >= 4 is 44.0 Å². The summed E-state index contributed by atoms with van der Waals surface area (Å²) in [6, 6.07) is 14.8. The molecule has 6 rings (SSSR count). The number of aromatic amines is 1. The first-order valence-electron chi connectivity index (χ1n) is 11.8. The van der Waals surface area contributed by atoms with Gasteiger partial charge in [-0.05, 0) is 64.2 Å². The molecule has 1 saturated heterocycles. The van der Waals surface area contributed by atoms with Crippen molar-refractivity contribution in [3.05, 3.63) is 95.1 Å². The highest BCUT2D eigenvalue weighted by Gasteiger charge is 2.25. The van der Waals surface area contributed by atoms with Gasteiger partial charge in [-0.1, -0.05) is 18.7 Å². The standard InChI is InChI=1S/C27H26BrN7/c1-18(20-6-7-24-21(12-20)8-10-30-24)34-11-3-5-22(17-34)25-13-26(31-15-19-4-2-9-29-14-19)35-27(33-25)23(28)16-32-35/h2,4,6-10,12-14,16,22,30-31H,1,3,5,11,15,17H2. The number of pyridine rings is 1. The number of fused-ring (bicyclic) bond motifs is 2. The summed E-state index contributed by atoms with van der Waals surface area (Å²) in [6.07, 6.45) is 9.63. The fraction of sp³-hybridized carbons (Fsp3) is 0.222. The molecule has 1 aromatic carbocycles. The third-order valence-corrected chi connectivity index (χ3v) is 7.31. The van der Waals surface area contributed by atoms with E-state index in [-0.39, 0.29) is 0 Å². The van der Waals surface area contributed by atoms with Gasteiger partial charge in [0.1, 0.15) is 5.82 Å². The number of benzene rings is 1. The molecule has 5 aromatic rings. The zero-order valence-corrected chi connectivity index (χ0v) is 20.9. The zero-order valence-electron chi connectivity index (χ0n) is 19.3. The summed E-state index contributed by atoms with van der Waals surface area (Å²) in [4.78, 5) is 14.9. The Balaban J connectivity index is 1.27. The topological polar surface area (TPSA) is 74.1 Å². The lowest BCUT2D eigenvalue weighted by Gasteiger charge is -2.35. The fourth-order valence-corrected chi connectivity index (χ4v) is 5.21. The average Bonchev–Trinajstić information content (AvgIpc) is 3.53. The molecule has 0 spiro atoms. The number of likely N-dealkylation sites (tertiary alicyclic amines) is 1. The lowest BCUT2D eigenvalue weighted by Crippen LogP contribution is -2.33. The maximum atomic E-state index is 5.02. The quantitative estimate of drug-likeness (QED) is 0.290. The molecule has 0 bridgehead atoms. The number of anilines is 1. The smallest absolute Gasteiger partial charge is 0.171 e. The highest BCUT2D eigenvalue weighted by molar-refractivity contribution is 9.10. The van der Waals surface area contributed by atoms with Crippen LogP contribution in [0, 0.1) is 0 Å². The van der Waals surface area contributed by atoms with Crippen molar-refractivity contribution in [2.75, 3.05) is 18.4 Å². The van der Waals surface area contributed by atoms with Crippen LogP contribution in [0.1, 0.15) is 35.6 Å². The predicted molar refractivity (Wildman–Crippen MR) is 143 cm³/mol. The predicted octanol–water partition coefficient (Wildman–Crippen LogP) is 5.83. The highest BCUT2D eigenvalue weighted by Crippen LogP contribution is 2.33. The number of H-pyrrole nitrogens is 1. The molecule has 1 unspecified atom stereocenters. The van der Waals surface area contributed by atoms with Gasteiger partial charge in [-0.2, -0.15) is 9.61 Å². The molecule has 0 amide bonds. The first-order chi connectivity index (χ1) is 17.2. The van der Waals surface area contributed by atoms with Gasteiger partial charge in [0, 0.05) is 66.8 Å². The van der Waals surface area contributed by atoms with Crippen LogP contribution in [0.15, 0.2) is 78.3 Å². The van der Waals surface area contributed by atoms with E-state index in [1.165, 1.54) is 10.9 Å². The zero-order chi connectivity index (χ0) is 23.8. The van der Waals surface area contributed by atoms with Crippen molar-refractivity contribution < 1.29 is 0 Å². The number of hydrogen-bond donors (Lipinski definition) is 2. The van der Waals surface area contributed by atoms with E-state index in [0.717, 1.165) is 64.3 Å². The number of halogens is 1. The lowest BCUT2D eigenvalue weighted by molar-refractivity contribution is 0.292. The summed E-state index contributed by atoms with van der Waals surface area (Å²) in [5.74, 6) is 1.23. The number of aromatic nitrogens is 5. The molecule has 0 radical (unpaired) electrons. The van der Waals surface area contributed by atoms with Gasteiger partial charge in [-0.25, -0.2) is 4.98 Å². The minimum atomic E-state index is 0.308. The molecular formula is C27H26BrN7. The summed E-state index contributed by atoms with van der Waals surface area (Å²) >= 11 is 3.63. The molecule has 176 valence electrons. The Morgan fingerprint density at radius 3 is 3.03 bits per heavy atom. The molecule has 8 heteroatoms. The van der Waals surface area contributed by atoms with Crippen LogP contribution in [0.5, 0.6) is 0 Å². The molecule has 1 aliphatic heterocycles. The molecular weight excluding hydrogens is 502 g/mol. The van der Waals surface area contributed by atoms with Crippen molar-refractivity contribution in [3.63, 3.8) is 0 Å². The van der Waals surface area contributed by atoms with E-state index in [4.69, 9.17) is 4.98 Å². The van der Waals surface area contributed by atoms with E-state index in [2.05, 4.69) is 84.2 Å². The number of rotatable bonds is 6. The van der Waals surface area contributed by atoms with Crippen LogP contribution >= 0.6 is 15.9 Å². The molecule has 1 atom stereocenters. The van der Waals surface area contributed by atoms with E-state index in [1.54, 1.807) is 12.4 Å². The van der Waals surface area contributed by atoms with Gasteiger partial charge in [0.15, 0.2) is 5.65 Å². The van der Waals surface area contributed by atoms with Crippen LogP contribution in [-0.4, -0.2) is 42.6 Å². The molecule has 5 heterocycles. The summed E-state index contributed by atoms with van der Waals surface area (Å²) in [6.45, 7) is 7.02. The Kier molecular flexibility index (Phi) is 5.74. The third-order valence-electron chi connectivity index (χ3n) is 6.75. The molecule has 35 heavy (non-hydrogen) atoms. The Labute approximate surface area is 212 Å². The second-order valence-corrected chi connectivity index (χ2v) is 9.87. The van der Waals surface area contributed by atoms with Crippen LogP contribution in [0.2, 0.25) is 0 Å². The van der Waals surface area contributed by atoms with Crippen LogP contribution < -0.4 is 5.32 Å². The van der Waals surface area contributed by atoms with E-state index < -0.39 is 0 Å². The second kappa shape index (κ2) is 9.19. The van der Waals surface area contributed by atoms with E-state index >= 15 is 0 Å². The Morgan fingerprint density at radius 2 is 2.14 bits per heavy atom. The van der Waals surface area contributed by atoms with Gasteiger partial charge in [-0.3, -0.25) is 4.98 Å². The Hall–Kier alpha value is -3.65. The summed E-state index contributed by atoms with van der Waals surface area (Å²) < 4.78 is 2.75.